The Morgan fingerprint density at radius 3 is 2.67 bits per heavy atom. The van der Waals surface area contributed by atoms with Crippen LogP contribution in [0, 0.1) is 13.8 Å². The monoisotopic (exact) mass is 341 g/mol. The first-order valence-corrected chi connectivity index (χ1v) is 8.54. The molecule has 3 N–H and O–H groups in total. The molecule has 0 spiro atoms. The smallest absolute Gasteiger partial charge is 0.319 e. The van der Waals surface area contributed by atoms with Crippen molar-refractivity contribution in [2.24, 2.45) is 0 Å². The van der Waals surface area contributed by atoms with Crippen molar-refractivity contribution in [2.45, 2.75) is 26.8 Å². The van der Waals surface area contributed by atoms with E-state index in [0.717, 1.165) is 21.7 Å². The van der Waals surface area contributed by atoms with E-state index < -0.39 is 6.04 Å². The van der Waals surface area contributed by atoms with Crippen LogP contribution >= 0.6 is 11.3 Å². The van der Waals surface area contributed by atoms with Gasteiger partial charge in [0.1, 0.15) is 0 Å². The minimum atomic E-state index is -0.440. The molecule has 1 atom stereocenters. The van der Waals surface area contributed by atoms with Gasteiger partial charge in [0.25, 0.3) is 5.91 Å². The third kappa shape index (κ3) is 3.19. The summed E-state index contributed by atoms with van der Waals surface area (Å²) in [5, 5.41) is 10.4. The third-order valence-corrected chi connectivity index (χ3v) is 4.91. The summed E-state index contributed by atoms with van der Waals surface area (Å²) in [6, 6.07) is 8.96. The van der Waals surface area contributed by atoms with E-state index in [-0.39, 0.29) is 11.9 Å². The van der Waals surface area contributed by atoms with Gasteiger partial charge in [0.2, 0.25) is 0 Å². The number of nitrogens with one attached hydrogen (secondary N) is 3. The molecule has 6 heteroatoms. The molecular weight excluding hydrogens is 322 g/mol. The molecule has 1 aliphatic rings. The number of benzene rings is 1. The predicted molar refractivity (Wildman–Crippen MR) is 96.0 cm³/mol. The topological polar surface area (TPSA) is 70.2 Å². The number of aryl methyl sites for hydroxylation is 2. The average Bonchev–Trinajstić information content (AvgIpc) is 3.03. The van der Waals surface area contributed by atoms with Crippen molar-refractivity contribution in [3.63, 3.8) is 0 Å². The molecule has 2 heterocycles. The van der Waals surface area contributed by atoms with Crippen LogP contribution in [0.2, 0.25) is 0 Å². The van der Waals surface area contributed by atoms with E-state index in [4.69, 9.17) is 0 Å². The van der Waals surface area contributed by atoms with Crippen molar-refractivity contribution in [1.82, 2.24) is 10.6 Å². The number of hydrogen-bond donors (Lipinski definition) is 3. The Morgan fingerprint density at radius 1 is 1.21 bits per heavy atom. The molecule has 0 aliphatic carbocycles. The van der Waals surface area contributed by atoms with Gasteiger partial charge in [0.05, 0.1) is 11.6 Å². The summed E-state index contributed by atoms with van der Waals surface area (Å²) in [5.74, 6) is -0.217. The lowest BCUT2D eigenvalue weighted by Gasteiger charge is -2.27. The van der Waals surface area contributed by atoms with Gasteiger partial charge in [-0.05, 0) is 43.8 Å². The van der Waals surface area contributed by atoms with E-state index >= 15 is 0 Å². The SMILES string of the molecule is CC1=C(C(=O)Nc2ccc(C)cc2C)[C@@H](c2cccs2)NC(=O)N1. The van der Waals surface area contributed by atoms with Crippen LogP contribution in [0.15, 0.2) is 47.0 Å². The highest BCUT2D eigenvalue weighted by Crippen LogP contribution is 2.30. The van der Waals surface area contributed by atoms with Gasteiger partial charge < -0.3 is 16.0 Å². The van der Waals surface area contributed by atoms with Crippen LogP contribution in [0.4, 0.5) is 10.5 Å². The lowest BCUT2D eigenvalue weighted by molar-refractivity contribution is -0.113. The number of anilines is 1. The highest BCUT2D eigenvalue weighted by atomic mass is 32.1. The van der Waals surface area contributed by atoms with Crippen LogP contribution in [0.25, 0.3) is 0 Å². The number of thiophene rings is 1. The molecule has 5 nitrogen and oxygen atoms in total. The third-order valence-electron chi connectivity index (χ3n) is 3.97. The number of carbonyl (C=O) groups excluding carboxylic acids is 2. The second-order valence-corrected chi connectivity index (χ2v) is 6.84. The van der Waals surface area contributed by atoms with Gasteiger partial charge in [-0.15, -0.1) is 11.3 Å². The summed E-state index contributed by atoms with van der Waals surface area (Å²) in [5.41, 5.74) is 4.01. The minimum Gasteiger partial charge on any atom is -0.326 e. The van der Waals surface area contributed by atoms with Crippen molar-refractivity contribution in [1.29, 1.82) is 0 Å². The van der Waals surface area contributed by atoms with Gasteiger partial charge in [0.15, 0.2) is 0 Å². The first kappa shape index (κ1) is 16.3. The summed E-state index contributed by atoms with van der Waals surface area (Å²) in [6.07, 6.45) is 0. The van der Waals surface area contributed by atoms with Gasteiger partial charge in [-0.2, -0.15) is 0 Å². The zero-order chi connectivity index (χ0) is 17.3. The number of rotatable bonds is 3. The molecule has 2 aromatic rings. The molecule has 1 aromatic heterocycles. The first-order chi connectivity index (χ1) is 11.5. The Balaban J connectivity index is 1.93. The van der Waals surface area contributed by atoms with Crippen molar-refractivity contribution >= 4 is 29.0 Å². The van der Waals surface area contributed by atoms with Gasteiger partial charge >= 0.3 is 6.03 Å². The largest absolute Gasteiger partial charge is 0.326 e. The fourth-order valence-electron chi connectivity index (χ4n) is 2.81. The first-order valence-electron chi connectivity index (χ1n) is 7.66. The molecule has 0 bridgehead atoms. The fraction of sp³-hybridized carbons (Fsp3) is 0.222. The summed E-state index contributed by atoms with van der Waals surface area (Å²) in [4.78, 5) is 25.6. The maximum absolute atomic E-state index is 12.9. The lowest BCUT2D eigenvalue weighted by atomic mass is 10.00. The molecule has 1 aliphatic heterocycles. The molecule has 124 valence electrons. The molecule has 0 unspecified atom stereocenters. The van der Waals surface area contributed by atoms with Crippen LogP contribution in [0.1, 0.15) is 29.0 Å². The predicted octanol–water partition coefficient (Wildman–Crippen LogP) is 3.63. The van der Waals surface area contributed by atoms with Crippen molar-refractivity contribution in [3.05, 3.63) is 63.0 Å². The summed E-state index contributed by atoms with van der Waals surface area (Å²) in [7, 11) is 0. The van der Waals surface area contributed by atoms with Crippen LogP contribution in [0.5, 0.6) is 0 Å². The fourth-order valence-corrected chi connectivity index (χ4v) is 3.59. The second kappa shape index (κ2) is 6.49. The van der Waals surface area contributed by atoms with Crippen LogP contribution in [0.3, 0.4) is 0 Å². The zero-order valence-corrected chi connectivity index (χ0v) is 14.6. The second-order valence-electron chi connectivity index (χ2n) is 5.86. The molecule has 24 heavy (non-hydrogen) atoms. The number of allylic oxidation sites excluding steroid dienone is 1. The average molecular weight is 341 g/mol. The summed E-state index contributed by atoms with van der Waals surface area (Å²) < 4.78 is 0. The minimum absolute atomic E-state index is 0.217. The summed E-state index contributed by atoms with van der Waals surface area (Å²) >= 11 is 1.51. The number of urea groups is 1. The van der Waals surface area contributed by atoms with Crippen LogP contribution in [-0.2, 0) is 4.79 Å². The van der Waals surface area contributed by atoms with Crippen LogP contribution < -0.4 is 16.0 Å². The van der Waals surface area contributed by atoms with E-state index in [9.17, 15) is 9.59 Å². The Labute approximate surface area is 144 Å². The molecule has 0 radical (unpaired) electrons. The quantitative estimate of drug-likeness (QED) is 0.798. The van der Waals surface area contributed by atoms with Gasteiger partial charge in [-0.3, -0.25) is 4.79 Å². The molecule has 1 aromatic carbocycles. The maximum atomic E-state index is 12.9. The highest BCUT2D eigenvalue weighted by Gasteiger charge is 2.31. The Morgan fingerprint density at radius 2 is 2.00 bits per heavy atom. The van der Waals surface area contributed by atoms with Crippen LogP contribution in [-0.4, -0.2) is 11.9 Å². The molecule has 0 saturated carbocycles. The Kier molecular flexibility index (Phi) is 4.40. The van der Waals surface area contributed by atoms with Gasteiger partial charge in [-0.25, -0.2) is 4.79 Å². The van der Waals surface area contributed by atoms with Gasteiger partial charge in [0, 0.05) is 16.3 Å². The van der Waals surface area contributed by atoms with E-state index in [2.05, 4.69) is 16.0 Å². The molecular formula is C18H19N3O2S. The molecule has 0 saturated heterocycles. The normalized spacial score (nSPS) is 17.3. The molecule has 3 amide bonds. The zero-order valence-electron chi connectivity index (χ0n) is 13.8. The Hall–Kier alpha value is -2.60. The number of carbonyl (C=O) groups is 2. The standard InChI is InChI=1S/C18H19N3O2S/c1-10-6-7-13(11(2)9-10)20-17(22)15-12(3)19-18(23)21-16(15)14-5-4-8-24-14/h4-9,16H,1-3H3,(H,20,22)(H2,19,21,23)/t16-/m1/s1. The number of hydrogen-bond acceptors (Lipinski definition) is 3. The number of amides is 3. The maximum Gasteiger partial charge on any atom is 0.319 e. The van der Waals surface area contributed by atoms with E-state index in [1.807, 2.05) is 49.6 Å². The van der Waals surface area contributed by atoms with Crippen molar-refractivity contribution < 1.29 is 9.59 Å². The van der Waals surface area contributed by atoms with Gasteiger partial charge in [-0.1, -0.05) is 23.8 Å². The van der Waals surface area contributed by atoms with Crippen molar-refractivity contribution in [2.75, 3.05) is 5.32 Å². The lowest BCUT2D eigenvalue weighted by Crippen LogP contribution is -2.45. The summed E-state index contributed by atoms with van der Waals surface area (Å²) in [6.45, 7) is 5.72. The molecule has 0 fully saturated rings. The Bertz CT molecular complexity index is 825. The molecule has 3 rings (SSSR count). The highest BCUT2D eigenvalue weighted by molar-refractivity contribution is 7.10. The van der Waals surface area contributed by atoms with E-state index in [0.29, 0.717) is 11.3 Å². The van der Waals surface area contributed by atoms with E-state index in [1.54, 1.807) is 6.92 Å². The van der Waals surface area contributed by atoms with Crippen molar-refractivity contribution in [3.8, 4) is 0 Å². The van der Waals surface area contributed by atoms with E-state index in [1.165, 1.54) is 11.3 Å².